The van der Waals surface area contributed by atoms with E-state index in [1.165, 1.54) is 6.92 Å². The summed E-state index contributed by atoms with van der Waals surface area (Å²) in [6, 6.07) is 2.12. The van der Waals surface area contributed by atoms with Crippen LogP contribution in [0.4, 0.5) is 18.9 Å². The van der Waals surface area contributed by atoms with E-state index in [0.717, 1.165) is 18.2 Å². The molecule has 0 aromatic heterocycles. The van der Waals surface area contributed by atoms with Crippen LogP contribution in [-0.2, 0) is 6.18 Å². The van der Waals surface area contributed by atoms with E-state index in [2.05, 4.69) is 0 Å². The van der Waals surface area contributed by atoms with Gasteiger partial charge in [-0.05, 0) is 25.1 Å². The Morgan fingerprint density at radius 1 is 1.31 bits per heavy atom. The van der Waals surface area contributed by atoms with Gasteiger partial charge in [0.25, 0.3) is 0 Å². The Balaban J connectivity index is 3.19. The van der Waals surface area contributed by atoms with E-state index in [1.807, 2.05) is 0 Å². The molecule has 3 nitrogen and oxygen atoms in total. The van der Waals surface area contributed by atoms with Crippen LogP contribution in [0, 0.1) is 0 Å². The van der Waals surface area contributed by atoms with Gasteiger partial charge < -0.3 is 16.6 Å². The molecule has 1 aromatic carbocycles. The molecule has 0 radical (unpaired) electrons. The van der Waals surface area contributed by atoms with Crippen molar-refractivity contribution in [3.05, 3.63) is 29.3 Å². The molecule has 0 heterocycles. The zero-order valence-corrected chi connectivity index (χ0v) is 8.62. The highest BCUT2D eigenvalue weighted by Gasteiger charge is 2.31. The highest BCUT2D eigenvalue weighted by atomic mass is 19.4. The molecule has 2 atom stereocenters. The van der Waals surface area contributed by atoms with Gasteiger partial charge in [-0.2, -0.15) is 13.2 Å². The molecule has 1 rings (SSSR count). The number of halogens is 3. The first kappa shape index (κ1) is 12.8. The number of alkyl halides is 3. The summed E-state index contributed by atoms with van der Waals surface area (Å²) in [6.45, 7) is 1.49. The van der Waals surface area contributed by atoms with Crippen LogP contribution in [0.3, 0.4) is 0 Å². The molecule has 0 saturated heterocycles. The van der Waals surface area contributed by atoms with Gasteiger partial charge in [0.15, 0.2) is 0 Å². The smallest absolute Gasteiger partial charge is 0.398 e. The van der Waals surface area contributed by atoms with Crippen molar-refractivity contribution in [1.82, 2.24) is 0 Å². The minimum atomic E-state index is -4.46. The van der Waals surface area contributed by atoms with Crippen molar-refractivity contribution in [1.29, 1.82) is 0 Å². The largest absolute Gasteiger partial charge is 0.416 e. The van der Waals surface area contributed by atoms with Gasteiger partial charge in [0.05, 0.1) is 11.7 Å². The Bertz CT molecular complexity index is 377. The highest BCUT2D eigenvalue weighted by molar-refractivity contribution is 5.50. The fraction of sp³-hybridized carbons (Fsp3) is 0.400. The van der Waals surface area contributed by atoms with Crippen LogP contribution in [-0.4, -0.2) is 11.1 Å². The van der Waals surface area contributed by atoms with E-state index in [0.29, 0.717) is 0 Å². The minimum absolute atomic E-state index is 0.00447. The lowest BCUT2D eigenvalue weighted by Crippen LogP contribution is -2.25. The zero-order chi connectivity index (χ0) is 12.5. The van der Waals surface area contributed by atoms with E-state index in [1.54, 1.807) is 0 Å². The predicted octanol–water partition coefficient (Wildman–Crippen LogP) is 1.67. The second-order valence-corrected chi connectivity index (χ2v) is 3.65. The lowest BCUT2D eigenvalue weighted by molar-refractivity contribution is -0.137. The molecule has 6 heteroatoms. The molecular weight excluding hydrogens is 221 g/mol. The van der Waals surface area contributed by atoms with Gasteiger partial charge in [-0.15, -0.1) is 0 Å². The highest BCUT2D eigenvalue weighted by Crippen LogP contribution is 2.33. The first-order valence-electron chi connectivity index (χ1n) is 4.63. The maximum Gasteiger partial charge on any atom is 0.416 e. The Kier molecular flexibility index (Phi) is 3.44. The van der Waals surface area contributed by atoms with Crippen LogP contribution in [0.1, 0.15) is 24.2 Å². The average molecular weight is 234 g/mol. The number of nitrogens with two attached hydrogens (primary N) is 2. The topological polar surface area (TPSA) is 72.3 Å². The molecule has 0 aliphatic carbocycles. The van der Waals surface area contributed by atoms with Gasteiger partial charge in [-0.3, -0.25) is 0 Å². The molecule has 0 saturated carbocycles. The van der Waals surface area contributed by atoms with Crippen molar-refractivity contribution in [3.8, 4) is 0 Å². The summed E-state index contributed by atoms with van der Waals surface area (Å²) in [6.07, 6.45) is -5.66. The fourth-order valence-electron chi connectivity index (χ4n) is 1.29. The van der Waals surface area contributed by atoms with Gasteiger partial charge in [-0.25, -0.2) is 0 Å². The quantitative estimate of drug-likeness (QED) is 0.681. The SMILES string of the molecule is CC(N)C(O)c1cc(C(F)(F)F)ccc1N. The molecule has 0 fully saturated rings. The third kappa shape index (κ3) is 2.65. The van der Waals surface area contributed by atoms with Crippen molar-refractivity contribution >= 4 is 5.69 Å². The third-order valence-corrected chi connectivity index (χ3v) is 2.23. The van der Waals surface area contributed by atoms with Crippen LogP contribution >= 0.6 is 0 Å². The summed E-state index contributed by atoms with van der Waals surface area (Å²) in [7, 11) is 0. The predicted molar refractivity (Wildman–Crippen MR) is 54.5 cm³/mol. The van der Waals surface area contributed by atoms with E-state index in [4.69, 9.17) is 11.5 Å². The molecule has 2 unspecified atom stereocenters. The van der Waals surface area contributed by atoms with Crippen molar-refractivity contribution < 1.29 is 18.3 Å². The molecule has 0 spiro atoms. The number of benzene rings is 1. The fourth-order valence-corrected chi connectivity index (χ4v) is 1.29. The minimum Gasteiger partial charge on any atom is -0.398 e. The average Bonchev–Trinajstić information content (AvgIpc) is 2.15. The standard InChI is InChI=1S/C10H13F3N2O/c1-5(14)9(16)7-4-6(10(11,12)13)2-3-8(7)15/h2-5,9,16H,14-15H2,1H3. The molecule has 0 bridgehead atoms. The number of hydrogen-bond donors (Lipinski definition) is 3. The van der Waals surface area contributed by atoms with Crippen LogP contribution in [0.25, 0.3) is 0 Å². The first-order valence-corrected chi connectivity index (χ1v) is 4.63. The zero-order valence-electron chi connectivity index (χ0n) is 8.62. The lowest BCUT2D eigenvalue weighted by atomic mass is 9.99. The van der Waals surface area contributed by atoms with Crippen molar-refractivity contribution in [2.24, 2.45) is 5.73 Å². The summed E-state index contributed by atoms with van der Waals surface area (Å²) >= 11 is 0. The molecule has 0 aliphatic rings. The second-order valence-electron chi connectivity index (χ2n) is 3.65. The normalized spacial score (nSPS) is 15.9. The van der Waals surface area contributed by atoms with Gasteiger partial charge in [0, 0.05) is 17.3 Å². The van der Waals surface area contributed by atoms with Crippen LogP contribution in [0.5, 0.6) is 0 Å². The van der Waals surface area contributed by atoms with Crippen LogP contribution in [0.2, 0.25) is 0 Å². The summed E-state index contributed by atoms with van der Waals surface area (Å²) in [5, 5.41) is 9.60. The number of rotatable bonds is 2. The number of anilines is 1. The monoisotopic (exact) mass is 234 g/mol. The van der Waals surface area contributed by atoms with Crippen LogP contribution in [0.15, 0.2) is 18.2 Å². The molecular formula is C10H13F3N2O. The third-order valence-electron chi connectivity index (χ3n) is 2.23. The van der Waals surface area contributed by atoms with E-state index in [-0.39, 0.29) is 11.3 Å². The first-order chi connectivity index (χ1) is 7.23. The summed E-state index contributed by atoms with van der Waals surface area (Å²) in [4.78, 5) is 0. The maximum atomic E-state index is 12.4. The molecule has 0 amide bonds. The molecule has 5 N–H and O–H groups in total. The Hall–Kier alpha value is -1.27. The van der Waals surface area contributed by atoms with E-state index < -0.39 is 23.9 Å². The number of hydrogen-bond acceptors (Lipinski definition) is 3. The van der Waals surface area contributed by atoms with E-state index in [9.17, 15) is 18.3 Å². The Labute approximate surface area is 90.9 Å². The Morgan fingerprint density at radius 3 is 2.31 bits per heavy atom. The summed E-state index contributed by atoms with van der Waals surface area (Å²) < 4.78 is 37.2. The van der Waals surface area contributed by atoms with Gasteiger partial charge in [0.1, 0.15) is 0 Å². The van der Waals surface area contributed by atoms with Crippen molar-refractivity contribution in [3.63, 3.8) is 0 Å². The van der Waals surface area contributed by atoms with Gasteiger partial charge in [-0.1, -0.05) is 0 Å². The summed E-state index contributed by atoms with van der Waals surface area (Å²) in [5.41, 5.74) is 10.1. The number of aliphatic hydroxyl groups is 1. The molecule has 16 heavy (non-hydrogen) atoms. The molecule has 90 valence electrons. The van der Waals surface area contributed by atoms with Crippen LogP contribution < -0.4 is 11.5 Å². The second kappa shape index (κ2) is 4.31. The molecule has 1 aromatic rings. The van der Waals surface area contributed by atoms with Crippen molar-refractivity contribution in [2.45, 2.75) is 25.2 Å². The van der Waals surface area contributed by atoms with Gasteiger partial charge >= 0.3 is 6.18 Å². The maximum absolute atomic E-state index is 12.4. The number of aliphatic hydroxyl groups excluding tert-OH is 1. The van der Waals surface area contributed by atoms with Gasteiger partial charge in [0.2, 0.25) is 0 Å². The van der Waals surface area contributed by atoms with E-state index >= 15 is 0 Å². The Morgan fingerprint density at radius 2 is 1.88 bits per heavy atom. The van der Waals surface area contributed by atoms with Crippen molar-refractivity contribution in [2.75, 3.05) is 5.73 Å². The summed E-state index contributed by atoms with van der Waals surface area (Å²) in [5.74, 6) is 0. The lowest BCUT2D eigenvalue weighted by Gasteiger charge is -2.18. The number of nitrogen functional groups attached to an aromatic ring is 1. The molecule has 0 aliphatic heterocycles.